The van der Waals surface area contributed by atoms with Crippen LogP contribution in [0.15, 0.2) is 30.3 Å². The lowest BCUT2D eigenvalue weighted by molar-refractivity contribution is -0.117. The number of benzene rings is 1. The van der Waals surface area contributed by atoms with E-state index in [0.29, 0.717) is 29.6 Å². The molecule has 27 heavy (non-hydrogen) atoms. The molecule has 1 amide bonds. The molecule has 1 fully saturated rings. The second-order valence-corrected chi connectivity index (χ2v) is 7.62. The summed E-state index contributed by atoms with van der Waals surface area (Å²) in [5.41, 5.74) is 2.88. The molecular formula is C21H24ClN3O2. The van der Waals surface area contributed by atoms with E-state index in [1.165, 1.54) is 6.08 Å². The Labute approximate surface area is 164 Å². The average molecular weight is 386 g/mol. The molecule has 6 heteroatoms. The van der Waals surface area contributed by atoms with E-state index in [1.54, 1.807) is 33.9 Å². The van der Waals surface area contributed by atoms with Crippen molar-refractivity contribution in [3.8, 4) is 0 Å². The van der Waals surface area contributed by atoms with Crippen LogP contribution in [0.4, 0.5) is 5.69 Å². The van der Waals surface area contributed by atoms with Gasteiger partial charge in [0.25, 0.3) is 0 Å². The van der Waals surface area contributed by atoms with Gasteiger partial charge in [-0.05, 0) is 43.5 Å². The van der Waals surface area contributed by atoms with Crippen LogP contribution in [0.3, 0.4) is 0 Å². The molecule has 0 bridgehead atoms. The molecule has 0 N–H and O–H groups in total. The molecule has 2 heterocycles. The van der Waals surface area contributed by atoms with Crippen LogP contribution in [-0.2, 0) is 11.3 Å². The molecule has 1 aromatic carbocycles. The van der Waals surface area contributed by atoms with Crippen molar-refractivity contribution in [2.24, 2.45) is 5.92 Å². The zero-order valence-electron chi connectivity index (χ0n) is 15.9. The molecule has 142 valence electrons. The minimum Gasteiger partial charge on any atom is -0.312 e. The minimum atomic E-state index is -0.129. The standard InChI is InChI=1S/C21H24ClN3O2/c1-14(2)13-25-21(22)18(15(3)23-25)9-10-19(26)16-6-4-7-17(12-16)24-11-5-8-20(24)27/h4,6-7,9-10,12,14H,5,8,11,13H2,1-3H3/b10-9+. The Hall–Kier alpha value is -2.40. The third kappa shape index (κ3) is 4.30. The van der Waals surface area contributed by atoms with Crippen LogP contribution in [0, 0.1) is 12.8 Å². The number of aryl methyl sites for hydroxylation is 1. The van der Waals surface area contributed by atoms with E-state index >= 15 is 0 Å². The van der Waals surface area contributed by atoms with Gasteiger partial charge in [-0.3, -0.25) is 14.3 Å². The third-order valence-corrected chi connectivity index (χ3v) is 4.96. The number of halogens is 1. The van der Waals surface area contributed by atoms with E-state index in [1.807, 2.05) is 13.0 Å². The predicted octanol–water partition coefficient (Wildman–Crippen LogP) is 4.52. The van der Waals surface area contributed by atoms with Gasteiger partial charge in [0.05, 0.1) is 5.69 Å². The topological polar surface area (TPSA) is 55.2 Å². The maximum absolute atomic E-state index is 12.6. The van der Waals surface area contributed by atoms with Gasteiger partial charge in [0.2, 0.25) is 5.91 Å². The molecule has 3 rings (SSSR count). The molecule has 1 aliphatic rings. The van der Waals surface area contributed by atoms with Gasteiger partial charge in [-0.25, -0.2) is 0 Å². The zero-order valence-corrected chi connectivity index (χ0v) is 16.7. The van der Waals surface area contributed by atoms with Gasteiger partial charge in [-0.2, -0.15) is 5.10 Å². The van der Waals surface area contributed by atoms with Crippen LogP contribution in [-0.4, -0.2) is 28.0 Å². The van der Waals surface area contributed by atoms with Gasteiger partial charge < -0.3 is 4.90 Å². The van der Waals surface area contributed by atoms with Gasteiger partial charge >= 0.3 is 0 Å². The first-order valence-corrected chi connectivity index (χ1v) is 9.60. The van der Waals surface area contributed by atoms with Crippen molar-refractivity contribution in [3.05, 3.63) is 52.3 Å². The van der Waals surface area contributed by atoms with Crippen molar-refractivity contribution in [2.75, 3.05) is 11.4 Å². The lowest BCUT2D eigenvalue weighted by atomic mass is 10.1. The normalized spacial score (nSPS) is 14.7. The van der Waals surface area contributed by atoms with Crippen molar-refractivity contribution < 1.29 is 9.59 Å². The van der Waals surface area contributed by atoms with Crippen molar-refractivity contribution in [1.29, 1.82) is 0 Å². The van der Waals surface area contributed by atoms with E-state index in [9.17, 15) is 9.59 Å². The molecule has 0 spiro atoms. The maximum atomic E-state index is 12.6. The second kappa shape index (κ2) is 8.09. The smallest absolute Gasteiger partial charge is 0.227 e. The molecule has 0 atom stereocenters. The van der Waals surface area contributed by atoms with Gasteiger partial charge in [0, 0.05) is 36.3 Å². The van der Waals surface area contributed by atoms with Gasteiger partial charge in [-0.1, -0.05) is 37.6 Å². The molecule has 1 saturated heterocycles. The van der Waals surface area contributed by atoms with Crippen molar-refractivity contribution >= 4 is 35.1 Å². The van der Waals surface area contributed by atoms with Crippen LogP contribution in [0.5, 0.6) is 0 Å². The van der Waals surface area contributed by atoms with Gasteiger partial charge in [-0.15, -0.1) is 0 Å². The summed E-state index contributed by atoms with van der Waals surface area (Å²) in [6.45, 7) is 7.52. The number of nitrogens with zero attached hydrogens (tertiary/aromatic N) is 3. The Bertz CT molecular complexity index is 899. The quantitative estimate of drug-likeness (QED) is 0.542. The molecule has 0 saturated carbocycles. The number of hydrogen-bond acceptors (Lipinski definition) is 3. The third-order valence-electron chi connectivity index (χ3n) is 4.56. The fraction of sp³-hybridized carbons (Fsp3) is 0.381. The van der Waals surface area contributed by atoms with Crippen LogP contribution < -0.4 is 4.90 Å². The van der Waals surface area contributed by atoms with Crippen LogP contribution in [0.1, 0.15) is 48.3 Å². The molecule has 0 aliphatic carbocycles. The number of ketones is 1. The van der Waals surface area contributed by atoms with Gasteiger partial charge in [0.1, 0.15) is 5.15 Å². The predicted molar refractivity (Wildman–Crippen MR) is 108 cm³/mol. The number of allylic oxidation sites excluding steroid dienone is 1. The van der Waals surface area contributed by atoms with E-state index in [-0.39, 0.29) is 11.7 Å². The molecule has 0 unspecified atom stereocenters. The fourth-order valence-electron chi connectivity index (χ4n) is 3.23. The Morgan fingerprint density at radius 3 is 2.81 bits per heavy atom. The Morgan fingerprint density at radius 1 is 1.37 bits per heavy atom. The number of anilines is 1. The van der Waals surface area contributed by atoms with Crippen molar-refractivity contribution in [1.82, 2.24) is 9.78 Å². The van der Waals surface area contributed by atoms with Gasteiger partial charge in [0.15, 0.2) is 5.78 Å². The lowest BCUT2D eigenvalue weighted by Gasteiger charge is -2.16. The monoisotopic (exact) mass is 385 g/mol. The number of carbonyl (C=O) groups is 2. The number of hydrogen-bond donors (Lipinski definition) is 0. The van der Waals surface area contributed by atoms with Crippen LogP contribution in [0.25, 0.3) is 6.08 Å². The number of rotatable bonds is 6. The zero-order chi connectivity index (χ0) is 19.6. The molecule has 1 aliphatic heterocycles. The maximum Gasteiger partial charge on any atom is 0.227 e. The largest absolute Gasteiger partial charge is 0.312 e. The highest BCUT2D eigenvalue weighted by molar-refractivity contribution is 6.31. The summed E-state index contributed by atoms with van der Waals surface area (Å²) >= 11 is 6.42. The summed E-state index contributed by atoms with van der Waals surface area (Å²) in [4.78, 5) is 26.3. The molecule has 1 aromatic heterocycles. The number of aromatic nitrogens is 2. The Balaban J connectivity index is 1.80. The summed E-state index contributed by atoms with van der Waals surface area (Å²) in [6.07, 6.45) is 4.66. The highest BCUT2D eigenvalue weighted by Gasteiger charge is 2.22. The summed E-state index contributed by atoms with van der Waals surface area (Å²) in [5, 5.41) is 5.00. The summed E-state index contributed by atoms with van der Waals surface area (Å²) < 4.78 is 1.77. The average Bonchev–Trinajstić information content (AvgIpc) is 3.16. The molecular weight excluding hydrogens is 362 g/mol. The highest BCUT2D eigenvalue weighted by atomic mass is 35.5. The number of amides is 1. The first-order valence-electron chi connectivity index (χ1n) is 9.22. The van der Waals surface area contributed by atoms with E-state index < -0.39 is 0 Å². The molecule has 5 nitrogen and oxygen atoms in total. The van der Waals surface area contributed by atoms with Crippen LogP contribution in [0.2, 0.25) is 5.15 Å². The Morgan fingerprint density at radius 2 is 2.15 bits per heavy atom. The lowest BCUT2D eigenvalue weighted by Crippen LogP contribution is -2.23. The fourth-order valence-corrected chi connectivity index (χ4v) is 3.53. The number of carbonyl (C=O) groups excluding carboxylic acids is 2. The minimum absolute atomic E-state index is 0.107. The van der Waals surface area contributed by atoms with E-state index in [2.05, 4.69) is 18.9 Å². The second-order valence-electron chi connectivity index (χ2n) is 7.26. The molecule has 0 radical (unpaired) electrons. The first-order chi connectivity index (χ1) is 12.9. The van der Waals surface area contributed by atoms with E-state index in [0.717, 1.165) is 29.9 Å². The highest BCUT2D eigenvalue weighted by Crippen LogP contribution is 2.24. The van der Waals surface area contributed by atoms with E-state index in [4.69, 9.17) is 11.6 Å². The Kier molecular flexibility index (Phi) is 5.80. The summed E-state index contributed by atoms with van der Waals surface area (Å²) in [7, 11) is 0. The van der Waals surface area contributed by atoms with Crippen molar-refractivity contribution in [3.63, 3.8) is 0 Å². The van der Waals surface area contributed by atoms with Crippen molar-refractivity contribution in [2.45, 2.75) is 40.2 Å². The summed E-state index contributed by atoms with van der Waals surface area (Å²) in [5.74, 6) is 0.405. The molecule has 2 aromatic rings. The van der Waals surface area contributed by atoms with Crippen LogP contribution >= 0.6 is 11.6 Å². The summed E-state index contributed by atoms with van der Waals surface area (Å²) in [6, 6.07) is 7.20. The SMILES string of the molecule is Cc1nn(CC(C)C)c(Cl)c1/C=C/C(=O)c1cccc(N2CCCC2=O)c1. The first kappa shape index (κ1) is 19.4.